The van der Waals surface area contributed by atoms with Gasteiger partial charge in [0, 0.05) is 4.83 Å². The van der Waals surface area contributed by atoms with E-state index < -0.39 is 0 Å². The smallest absolute Gasteiger partial charge is 0.0174 e. The topological polar surface area (TPSA) is 0 Å². The fourth-order valence-corrected chi connectivity index (χ4v) is 4.59. The Morgan fingerprint density at radius 1 is 1.07 bits per heavy atom. The number of alkyl halides is 1. The van der Waals surface area contributed by atoms with Crippen molar-refractivity contribution >= 4 is 15.9 Å². The summed E-state index contributed by atoms with van der Waals surface area (Å²) in [6.07, 6.45) is 12.2. The second-order valence-electron chi connectivity index (χ2n) is 5.87. The zero-order chi connectivity index (χ0) is 9.54. The Balaban J connectivity index is 1.44. The van der Waals surface area contributed by atoms with Gasteiger partial charge in [0.25, 0.3) is 0 Å². The van der Waals surface area contributed by atoms with Crippen molar-refractivity contribution in [2.24, 2.45) is 23.7 Å². The number of fused-ring (bicyclic) bond motifs is 2. The highest BCUT2D eigenvalue weighted by molar-refractivity contribution is 9.09. The maximum absolute atomic E-state index is 3.87. The van der Waals surface area contributed by atoms with Crippen molar-refractivity contribution in [3.8, 4) is 0 Å². The Morgan fingerprint density at radius 2 is 1.93 bits per heavy atom. The Bertz CT molecular complexity index is 209. The molecule has 0 spiro atoms. The molecule has 1 heteroatoms. The number of hydrogen-bond donors (Lipinski definition) is 0. The normalized spacial score (nSPS) is 43.1. The largest absolute Gasteiger partial charge is 0.0888 e. The quantitative estimate of drug-likeness (QED) is 0.656. The second kappa shape index (κ2) is 3.81. The van der Waals surface area contributed by atoms with E-state index in [-0.39, 0.29) is 0 Å². The Kier molecular flexibility index (Phi) is 2.64. The molecule has 0 aliphatic heterocycles. The van der Waals surface area contributed by atoms with E-state index in [2.05, 4.69) is 15.9 Å². The molecule has 0 nitrogen and oxygen atoms in total. The number of hydrogen-bond acceptors (Lipinski definition) is 0. The van der Waals surface area contributed by atoms with Crippen LogP contribution in [0.25, 0.3) is 0 Å². The lowest BCUT2D eigenvalue weighted by Crippen LogP contribution is -2.12. The monoisotopic (exact) mass is 256 g/mol. The maximum Gasteiger partial charge on any atom is 0.0174 e. The van der Waals surface area contributed by atoms with E-state index in [1.165, 1.54) is 25.7 Å². The summed E-state index contributed by atoms with van der Waals surface area (Å²) in [4.78, 5) is 0.863. The highest BCUT2D eigenvalue weighted by atomic mass is 79.9. The van der Waals surface area contributed by atoms with Crippen LogP contribution < -0.4 is 0 Å². The Morgan fingerprint density at radius 3 is 2.50 bits per heavy atom. The fourth-order valence-electron chi connectivity index (χ4n) is 3.80. The van der Waals surface area contributed by atoms with Crippen LogP contribution in [-0.2, 0) is 0 Å². The SMILES string of the molecule is BrC(CCC1CC2CCC1C2)C1CC1. The van der Waals surface area contributed by atoms with Gasteiger partial charge < -0.3 is 0 Å². The minimum Gasteiger partial charge on any atom is -0.0888 e. The molecule has 0 aromatic heterocycles. The molecule has 2 bridgehead atoms. The van der Waals surface area contributed by atoms with Crippen molar-refractivity contribution in [2.45, 2.75) is 56.2 Å². The predicted octanol–water partition coefficient (Wildman–Crippen LogP) is 4.38. The average molecular weight is 257 g/mol. The highest BCUT2D eigenvalue weighted by Gasteiger charge is 2.39. The lowest BCUT2D eigenvalue weighted by molar-refractivity contribution is 0.306. The molecule has 0 amide bonds. The third kappa shape index (κ3) is 1.89. The van der Waals surface area contributed by atoms with Crippen molar-refractivity contribution in [1.82, 2.24) is 0 Å². The molecule has 0 N–H and O–H groups in total. The van der Waals surface area contributed by atoms with Crippen LogP contribution >= 0.6 is 15.9 Å². The summed E-state index contributed by atoms with van der Waals surface area (Å²) in [5.74, 6) is 4.44. The van der Waals surface area contributed by atoms with E-state index in [0.29, 0.717) is 0 Å². The van der Waals surface area contributed by atoms with Gasteiger partial charge in [-0.15, -0.1) is 0 Å². The second-order valence-corrected chi connectivity index (χ2v) is 7.04. The molecule has 4 atom stereocenters. The molecular weight excluding hydrogens is 236 g/mol. The van der Waals surface area contributed by atoms with Gasteiger partial charge in [0.2, 0.25) is 0 Å². The molecule has 3 rings (SSSR count). The highest BCUT2D eigenvalue weighted by Crippen LogP contribution is 2.50. The van der Waals surface area contributed by atoms with Crippen molar-refractivity contribution in [3.63, 3.8) is 0 Å². The molecule has 0 saturated heterocycles. The minimum absolute atomic E-state index is 0.863. The zero-order valence-corrected chi connectivity index (χ0v) is 10.5. The third-order valence-electron chi connectivity index (χ3n) is 4.83. The van der Waals surface area contributed by atoms with Crippen LogP contribution in [0.3, 0.4) is 0 Å². The molecule has 0 aromatic carbocycles. The fraction of sp³-hybridized carbons (Fsp3) is 1.00. The summed E-state index contributed by atoms with van der Waals surface area (Å²) in [6.45, 7) is 0. The summed E-state index contributed by atoms with van der Waals surface area (Å²) < 4.78 is 0. The molecule has 0 heterocycles. The van der Waals surface area contributed by atoms with E-state index in [1.807, 2.05) is 0 Å². The van der Waals surface area contributed by atoms with Crippen molar-refractivity contribution in [2.75, 3.05) is 0 Å². The zero-order valence-electron chi connectivity index (χ0n) is 8.92. The summed E-state index contributed by atoms with van der Waals surface area (Å²) in [5, 5.41) is 0. The van der Waals surface area contributed by atoms with E-state index >= 15 is 0 Å². The predicted molar refractivity (Wildman–Crippen MR) is 63.6 cm³/mol. The maximum atomic E-state index is 3.87. The van der Waals surface area contributed by atoms with Gasteiger partial charge in [-0.25, -0.2) is 0 Å². The van der Waals surface area contributed by atoms with Gasteiger partial charge in [-0.3, -0.25) is 0 Å². The lowest BCUT2D eigenvalue weighted by atomic mass is 9.85. The van der Waals surface area contributed by atoms with Crippen LogP contribution in [0, 0.1) is 23.7 Å². The molecule has 4 unspecified atom stereocenters. The first-order chi connectivity index (χ1) is 6.83. The van der Waals surface area contributed by atoms with Gasteiger partial charge in [0.05, 0.1) is 0 Å². The molecular formula is C13H21Br. The van der Waals surface area contributed by atoms with E-state index in [9.17, 15) is 0 Å². The average Bonchev–Trinajstić information content (AvgIpc) is 2.85. The van der Waals surface area contributed by atoms with Crippen LogP contribution in [0.15, 0.2) is 0 Å². The van der Waals surface area contributed by atoms with Crippen LogP contribution in [0.5, 0.6) is 0 Å². The first-order valence-electron chi connectivity index (χ1n) is 6.47. The number of rotatable bonds is 4. The van der Waals surface area contributed by atoms with Crippen molar-refractivity contribution in [3.05, 3.63) is 0 Å². The van der Waals surface area contributed by atoms with E-state index in [1.54, 1.807) is 25.7 Å². The Labute approximate surface area is 96.0 Å². The molecule has 0 aromatic rings. The van der Waals surface area contributed by atoms with Crippen LogP contribution in [-0.4, -0.2) is 4.83 Å². The molecule has 3 saturated carbocycles. The molecule has 80 valence electrons. The van der Waals surface area contributed by atoms with Gasteiger partial charge in [0.1, 0.15) is 0 Å². The van der Waals surface area contributed by atoms with Gasteiger partial charge in [-0.2, -0.15) is 0 Å². The number of halogens is 1. The lowest BCUT2D eigenvalue weighted by Gasteiger charge is -2.22. The van der Waals surface area contributed by atoms with Gasteiger partial charge in [-0.1, -0.05) is 22.4 Å². The van der Waals surface area contributed by atoms with Gasteiger partial charge in [0.15, 0.2) is 0 Å². The van der Waals surface area contributed by atoms with E-state index in [4.69, 9.17) is 0 Å². The van der Waals surface area contributed by atoms with Crippen molar-refractivity contribution < 1.29 is 0 Å². The van der Waals surface area contributed by atoms with E-state index in [0.717, 1.165) is 28.5 Å². The van der Waals surface area contributed by atoms with Crippen LogP contribution in [0.4, 0.5) is 0 Å². The minimum atomic E-state index is 0.863. The molecule has 14 heavy (non-hydrogen) atoms. The van der Waals surface area contributed by atoms with Crippen molar-refractivity contribution in [1.29, 1.82) is 0 Å². The van der Waals surface area contributed by atoms with Crippen LogP contribution in [0.1, 0.15) is 51.4 Å². The first-order valence-corrected chi connectivity index (χ1v) is 7.38. The summed E-state index contributed by atoms with van der Waals surface area (Å²) >= 11 is 3.87. The molecule has 3 aliphatic carbocycles. The Hall–Kier alpha value is 0.480. The third-order valence-corrected chi connectivity index (χ3v) is 6.04. The standard InChI is InChI=1S/C13H21Br/c14-13(10-3-4-10)6-5-12-8-9-1-2-11(12)7-9/h9-13H,1-8H2. The molecule has 3 fully saturated rings. The molecule has 3 aliphatic rings. The van der Waals surface area contributed by atoms with Gasteiger partial charge >= 0.3 is 0 Å². The van der Waals surface area contributed by atoms with Crippen LogP contribution in [0.2, 0.25) is 0 Å². The summed E-state index contributed by atoms with van der Waals surface area (Å²) in [6, 6.07) is 0. The first kappa shape index (κ1) is 9.69. The van der Waals surface area contributed by atoms with Gasteiger partial charge in [-0.05, 0) is 68.6 Å². The summed E-state index contributed by atoms with van der Waals surface area (Å²) in [5.41, 5.74) is 0. The summed E-state index contributed by atoms with van der Waals surface area (Å²) in [7, 11) is 0. The molecule has 0 radical (unpaired) electrons.